The second-order valence-electron chi connectivity index (χ2n) is 4.03. The van der Waals surface area contributed by atoms with E-state index in [0.29, 0.717) is 0 Å². The third kappa shape index (κ3) is 4.67. The number of alkyl halides is 3. The highest BCUT2D eigenvalue weighted by molar-refractivity contribution is 5.86. The zero-order chi connectivity index (χ0) is 14.6. The molecule has 0 aromatic carbocycles. The van der Waals surface area contributed by atoms with E-state index in [-0.39, 0.29) is 19.8 Å². The van der Waals surface area contributed by atoms with Crippen LogP contribution in [-0.4, -0.2) is 66.6 Å². The van der Waals surface area contributed by atoms with Crippen LogP contribution in [0, 0.1) is 0 Å². The van der Waals surface area contributed by atoms with E-state index in [1.54, 1.807) is 0 Å². The minimum absolute atomic E-state index is 0.00944. The van der Waals surface area contributed by atoms with Crippen molar-refractivity contribution in [2.75, 3.05) is 26.4 Å². The summed E-state index contributed by atoms with van der Waals surface area (Å²) in [5.74, 6) is -2.06. The maximum atomic E-state index is 12.0. The Kier molecular flexibility index (Phi) is 5.12. The SMILES string of the molecule is C[C@@H](OCC(F)(F)F)C(=O)N1CCOC[C@@H]1C(=O)O. The fourth-order valence-corrected chi connectivity index (χ4v) is 1.60. The standard InChI is InChI=1S/C10H14F3NO5/c1-6(19-5-10(11,12)13)8(15)14-2-3-18-4-7(14)9(16)17/h6-7H,2-5H2,1H3,(H,16,17)/t6-,7-/m1/s1. The van der Waals surface area contributed by atoms with Crippen LogP contribution in [0.25, 0.3) is 0 Å². The highest BCUT2D eigenvalue weighted by Crippen LogP contribution is 2.17. The van der Waals surface area contributed by atoms with Crippen LogP contribution in [0.3, 0.4) is 0 Å². The fraction of sp³-hybridized carbons (Fsp3) is 0.800. The van der Waals surface area contributed by atoms with Gasteiger partial charge in [0.05, 0.1) is 13.2 Å². The van der Waals surface area contributed by atoms with Crippen molar-refractivity contribution in [3.63, 3.8) is 0 Å². The molecule has 6 nitrogen and oxygen atoms in total. The molecule has 1 aliphatic heterocycles. The molecule has 0 bridgehead atoms. The molecule has 1 saturated heterocycles. The first-order valence-corrected chi connectivity index (χ1v) is 5.52. The lowest BCUT2D eigenvalue weighted by atomic mass is 10.2. The number of ether oxygens (including phenoxy) is 2. The third-order valence-corrected chi connectivity index (χ3v) is 2.54. The number of halogens is 3. The second-order valence-corrected chi connectivity index (χ2v) is 4.03. The Labute approximate surface area is 107 Å². The average molecular weight is 285 g/mol. The molecule has 1 aliphatic rings. The Morgan fingerprint density at radius 1 is 1.53 bits per heavy atom. The van der Waals surface area contributed by atoms with Gasteiger partial charge in [-0.2, -0.15) is 13.2 Å². The van der Waals surface area contributed by atoms with Gasteiger partial charge in [0.15, 0.2) is 6.04 Å². The number of hydrogen-bond donors (Lipinski definition) is 1. The van der Waals surface area contributed by atoms with Gasteiger partial charge in [-0.15, -0.1) is 0 Å². The van der Waals surface area contributed by atoms with E-state index >= 15 is 0 Å². The normalized spacial score (nSPS) is 22.1. The van der Waals surface area contributed by atoms with Gasteiger partial charge < -0.3 is 19.5 Å². The molecule has 9 heteroatoms. The summed E-state index contributed by atoms with van der Waals surface area (Å²) in [6.45, 7) is -0.436. The summed E-state index contributed by atoms with van der Waals surface area (Å²) in [5.41, 5.74) is 0. The zero-order valence-corrected chi connectivity index (χ0v) is 10.1. The van der Waals surface area contributed by atoms with Crippen molar-refractivity contribution in [2.24, 2.45) is 0 Å². The maximum absolute atomic E-state index is 12.0. The van der Waals surface area contributed by atoms with Crippen molar-refractivity contribution in [2.45, 2.75) is 25.2 Å². The molecule has 110 valence electrons. The molecule has 0 saturated carbocycles. The highest BCUT2D eigenvalue weighted by atomic mass is 19.4. The number of amides is 1. The molecular formula is C10H14F3NO5. The summed E-state index contributed by atoms with van der Waals surface area (Å²) in [6.07, 6.45) is -5.90. The molecular weight excluding hydrogens is 271 g/mol. The number of aliphatic carboxylic acids is 1. The van der Waals surface area contributed by atoms with Crippen molar-refractivity contribution >= 4 is 11.9 Å². The first-order valence-electron chi connectivity index (χ1n) is 5.52. The molecule has 1 fully saturated rings. The lowest BCUT2D eigenvalue weighted by Crippen LogP contribution is -2.55. The Balaban J connectivity index is 2.61. The number of carbonyl (C=O) groups excluding carboxylic acids is 1. The summed E-state index contributed by atoms with van der Waals surface area (Å²) < 4.78 is 45.2. The topological polar surface area (TPSA) is 76.1 Å². The Morgan fingerprint density at radius 2 is 2.16 bits per heavy atom. The fourth-order valence-electron chi connectivity index (χ4n) is 1.60. The maximum Gasteiger partial charge on any atom is 0.411 e. The number of nitrogens with zero attached hydrogens (tertiary/aromatic N) is 1. The molecule has 1 heterocycles. The van der Waals surface area contributed by atoms with Crippen molar-refractivity contribution in [1.29, 1.82) is 0 Å². The average Bonchev–Trinajstić information content (AvgIpc) is 2.34. The molecule has 1 rings (SSSR count). The molecule has 0 aliphatic carbocycles. The number of carbonyl (C=O) groups is 2. The quantitative estimate of drug-likeness (QED) is 0.802. The van der Waals surface area contributed by atoms with Crippen molar-refractivity contribution in [3.8, 4) is 0 Å². The molecule has 19 heavy (non-hydrogen) atoms. The number of carboxylic acid groups (broad SMARTS) is 1. The predicted molar refractivity (Wildman–Crippen MR) is 55.4 cm³/mol. The Morgan fingerprint density at radius 3 is 2.68 bits per heavy atom. The van der Waals surface area contributed by atoms with Gasteiger partial charge in [0, 0.05) is 6.54 Å². The summed E-state index contributed by atoms with van der Waals surface area (Å²) in [4.78, 5) is 23.7. The second kappa shape index (κ2) is 6.20. The van der Waals surface area contributed by atoms with Crippen molar-refractivity contribution in [1.82, 2.24) is 4.90 Å². The van der Waals surface area contributed by atoms with Crippen LogP contribution in [0.15, 0.2) is 0 Å². The van der Waals surface area contributed by atoms with E-state index in [1.165, 1.54) is 0 Å². The monoisotopic (exact) mass is 285 g/mol. The number of hydrogen-bond acceptors (Lipinski definition) is 4. The van der Waals surface area contributed by atoms with Crippen LogP contribution in [0.2, 0.25) is 0 Å². The molecule has 0 radical (unpaired) electrons. The number of carboxylic acids is 1. The molecule has 0 unspecified atom stereocenters. The van der Waals surface area contributed by atoms with E-state index in [2.05, 4.69) is 4.74 Å². The van der Waals surface area contributed by atoms with E-state index < -0.39 is 36.8 Å². The lowest BCUT2D eigenvalue weighted by molar-refractivity contribution is -0.192. The van der Waals surface area contributed by atoms with Gasteiger partial charge in [0.25, 0.3) is 5.91 Å². The van der Waals surface area contributed by atoms with Gasteiger partial charge >= 0.3 is 12.1 Å². The van der Waals surface area contributed by atoms with E-state index in [4.69, 9.17) is 9.84 Å². The Hall–Kier alpha value is -1.35. The van der Waals surface area contributed by atoms with Crippen molar-refractivity contribution < 1.29 is 37.3 Å². The summed E-state index contributed by atoms with van der Waals surface area (Å²) >= 11 is 0. The van der Waals surface area contributed by atoms with E-state index in [1.807, 2.05) is 0 Å². The number of morpholine rings is 1. The third-order valence-electron chi connectivity index (χ3n) is 2.54. The summed E-state index contributed by atoms with van der Waals surface area (Å²) in [5, 5.41) is 8.90. The Bertz CT molecular complexity index is 347. The lowest BCUT2D eigenvalue weighted by Gasteiger charge is -2.34. The molecule has 1 N–H and O–H groups in total. The van der Waals surface area contributed by atoms with Crippen LogP contribution < -0.4 is 0 Å². The van der Waals surface area contributed by atoms with Crippen LogP contribution >= 0.6 is 0 Å². The van der Waals surface area contributed by atoms with Crippen molar-refractivity contribution in [3.05, 3.63) is 0 Å². The first-order chi connectivity index (χ1) is 8.72. The van der Waals surface area contributed by atoms with Crippen LogP contribution in [0.4, 0.5) is 13.2 Å². The van der Waals surface area contributed by atoms with Crippen LogP contribution in [0.1, 0.15) is 6.92 Å². The van der Waals surface area contributed by atoms with Gasteiger partial charge in [-0.05, 0) is 6.92 Å². The van der Waals surface area contributed by atoms with Gasteiger partial charge in [0.1, 0.15) is 12.7 Å². The van der Waals surface area contributed by atoms with Crippen LogP contribution in [-0.2, 0) is 19.1 Å². The van der Waals surface area contributed by atoms with Gasteiger partial charge in [-0.1, -0.05) is 0 Å². The summed E-state index contributed by atoms with van der Waals surface area (Å²) in [6, 6.07) is -1.20. The first kappa shape index (κ1) is 15.7. The molecule has 1 amide bonds. The largest absolute Gasteiger partial charge is 0.480 e. The van der Waals surface area contributed by atoms with Gasteiger partial charge in [0.2, 0.25) is 0 Å². The molecule has 0 aromatic heterocycles. The smallest absolute Gasteiger partial charge is 0.411 e. The predicted octanol–water partition coefficient (Wildman–Crippen LogP) is 0.266. The zero-order valence-electron chi connectivity index (χ0n) is 10.1. The highest BCUT2D eigenvalue weighted by Gasteiger charge is 2.36. The molecule has 2 atom stereocenters. The minimum Gasteiger partial charge on any atom is -0.480 e. The minimum atomic E-state index is -4.54. The van der Waals surface area contributed by atoms with E-state index in [0.717, 1.165) is 11.8 Å². The molecule has 0 spiro atoms. The van der Waals surface area contributed by atoms with E-state index in [9.17, 15) is 22.8 Å². The number of rotatable bonds is 4. The van der Waals surface area contributed by atoms with Gasteiger partial charge in [-0.3, -0.25) is 4.79 Å². The van der Waals surface area contributed by atoms with Crippen LogP contribution in [0.5, 0.6) is 0 Å². The van der Waals surface area contributed by atoms with Gasteiger partial charge in [-0.25, -0.2) is 4.79 Å². The molecule has 0 aromatic rings. The summed E-state index contributed by atoms with van der Waals surface area (Å²) in [7, 11) is 0.